The number of benzene rings is 2. The first-order valence-corrected chi connectivity index (χ1v) is 9.39. The molecule has 142 valence electrons. The molecule has 0 bridgehead atoms. The Kier molecular flexibility index (Phi) is 6.37. The molecule has 2 aromatic carbocycles. The smallest absolute Gasteiger partial charge is 0.225 e. The van der Waals surface area contributed by atoms with Gasteiger partial charge in [0.2, 0.25) is 5.91 Å². The zero-order valence-electron chi connectivity index (χ0n) is 15.9. The molecule has 27 heavy (non-hydrogen) atoms. The Morgan fingerprint density at radius 2 is 1.63 bits per heavy atom. The van der Waals surface area contributed by atoms with Crippen LogP contribution in [0.25, 0.3) is 0 Å². The molecule has 1 amide bonds. The predicted molar refractivity (Wildman–Crippen MR) is 106 cm³/mol. The van der Waals surface area contributed by atoms with Crippen LogP contribution in [0.4, 0.5) is 5.69 Å². The number of hydrogen-bond donors (Lipinski definition) is 1. The lowest BCUT2D eigenvalue weighted by atomic mass is 10.0. The molecule has 2 aromatic rings. The summed E-state index contributed by atoms with van der Waals surface area (Å²) in [5.74, 6) is -0.183. The molecular formula is C22H26N2O3. The van der Waals surface area contributed by atoms with Crippen molar-refractivity contribution >= 4 is 17.4 Å². The van der Waals surface area contributed by atoms with Crippen LogP contribution in [0.1, 0.15) is 36.2 Å². The molecule has 0 saturated carbocycles. The van der Waals surface area contributed by atoms with Crippen LogP contribution in [0.3, 0.4) is 0 Å². The van der Waals surface area contributed by atoms with E-state index in [-0.39, 0.29) is 23.9 Å². The molecule has 3 rings (SSSR count). The number of amides is 1. The normalized spacial score (nSPS) is 20.2. The molecule has 1 heterocycles. The molecule has 0 unspecified atom stereocenters. The summed E-state index contributed by atoms with van der Waals surface area (Å²) in [5.41, 5.74) is 1.67. The van der Waals surface area contributed by atoms with Crippen LogP contribution < -0.4 is 5.32 Å². The maximum absolute atomic E-state index is 12.8. The van der Waals surface area contributed by atoms with Gasteiger partial charge in [0.25, 0.3) is 0 Å². The fourth-order valence-electron chi connectivity index (χ4n) is 3.47. The zero-order chi connectivity index (χ0) is 19.2. The quantitative estimate of drug-likeness (QED) is 0.797. The molecule has 1 aliphatic heterocycles. The van der Waals surface area contributed by atoms with Crippen molar-refractivity contribution in [2.24, 2.45) is 0 Å². The van der Waals surface area contributed by atoms with Gasteiger partial charge in [-0.2, -0.15) is 0 Å². The highest BCUT2D eigenvalue weighted by Gasteiger charge is 2.22. The molecule has 0 spiro atoms. The monoisotopic (exact) mass is 366 g/mol. The SMILES string of the molecule is C[C@@H]1CN(CCC(=O)Nc2ccccc2C(=O)c2ccccc2)C[C@H](C)O1. The third-order valence-corrected chi connectivity index (χ3v) is 4.63. The fraction of sp³-hybridized carbons (Fsp3) is 0.364. The lowest BCUT2D eigenvalue weighted by molar-refractivity contribution is -0.117. The summed E-state index contributed by atoms with van der Waals surface area (Å²) >= 11 is 0. The second-order valence-corrected chi connectivity index (χ2v) is 7.06. The molecule has 5 nitrogen and oxygen atoms in total. The number of carbonyl (C=O) groups excluding carboxylic acids is 2. The first kappa shape index (κ1) is 19.3. The van der Waals surface area contributed by atoms with Gasteiger partial charge in [0.05, 0.1) is 17.9 Å². The number of morpholine rings is 1. The fourth-order valence-corrected chi connectivity index (χ4v) is 3.47. The number of para-hydroxylation sites is 1. The molecule has 0 aliphatic carbocycles. The summed E-state index contributed by atoms with van der Waals surface area (Å²) < 4.78 is 5.72. The van der Waals surface area contributed by atoms with E-state index in [1.807, 2.05) is 44.2 Å². The Hall–Kier alpha value is -2.50. The van der Waals surface area contributed by atoms with Crippen molar-refractivity contribution in [2.45, 2.75) is 32.5 Å². The summed E-state index contributed by atoms with van der Waals surface area (Å²) in [6.07, 6.45) is 0.745. The van der Waals surface area contributed by atoms with E-state index in [0.717, 1.165) is 13.1 Å². The van der Waals surface area contributed by atoms with Gasteiger partial charge in [0.15, 0.2) is 5.78 Å². The Labute approximate surface area is 160 Å². The van der Waals surface area contributed by atoms with Crippen LogP contribution in [0.2, 0.25) is 0 Å². The summed E-state index contributed by atoms with van der Waals surface area (Å²) in [6, 6.07) is 16.2. The third-order valence-electron chi connectivity index (χ3n) is 4.63. The number of rotatable bonds is 6. The van der Waals surface area contributed by atoms with E-state index >= 15 is 0 Å². The first-order valence-electron chi connectivity index (χ1n) is 9.39. The second kappa shape index (κ2) is 8.93. The highest BCUT2D eigenvalue weighted by atomic mass is 16.5. The Balaban J connectivity index is 1.62. The molecular weight excluding hydrogens is 340 g/mol. The van der Waals surface area contributed by atoms with E-state index in [2.05, 4.69) is 10.2 Å². The molecule has 1 aliphatic rings. The summed E-state index contributed by atoms with van der Waals surface area (Å²) in [7, 11) is 0. The van der Waals surface area contributed by atoms with Crippen molar-refractivity contribution in [2.75, 3.05) is 25.0 Å². The minimum Gasteiger partial charge on any atom is -0.373 e. The van der Waals surface area contributed by atoms with Gasteiger partial charge in [0.1, 0.15) is 0 Å². The van der Waals surface area contributed by atoms with Crippen molar-refractivity contribution < 1.29 is 14.3 Å². The Morgan fingerprint density at radius 3 is 2.33 bits per heavy atom. The van der Waals surface area contributed by atoms with Crippen LogP contribution in [-0.2, 0) is 9.53 Å². The Bertz CT molecular complexity index is 781. The molecule has 1 fully saturated rings. The Morgan fingerprint density at radius 1 is 1.00 bits per heavy atom. The van der Waals surface area contributed by atoms with Crippen molar-refractivity contribution in [3.05, 3.63) is 65.7 Å². The van der Waals surface area contributed by atoms with Crippen LogP contribution in [0, 0.1) is 0 Å². The van der Waals surface area contributed by atoms with E-state index in [1.165, 1.54) is 0 Å². The summed E-state index contributed by atoms with van der Waals surface area (Å²) in [4.78, 5) is 27.5. The predicted octanol–water partition coefficient (Wildman–Crippen LogP) is 3.36. The number of carbonyl (C=O) groups is 2. The number of anilines is 1. The maximum Gasteiger partial charge on any atom is 0.225 e. The third kappa shape index (κ3) is 5.25. The van der Waals surface area contributed by atoms with Gasteiger partial charge in [-0.05, 0) is 26.0 Å². The van der Waals surface area contributed by atoms with E-state index in [1.54, 1.807) is 24.3 Å². The van der Waals surface area contributed by atoms with E-state index in [0.29, 0.717) is 29.8 Å². The topological polar surface area (TPSA) is 58.6 Å². The number of ether oxygens (including phenoxy) is 1. The molecule has 2 atom stereocenters. The van der Waals surface area contributed by atoms with Gasteiger partial charge in [-0.3, -0.25) is 14.5 Å². The molecule has 1 saturated heterocycles. The highest BCUT2D eigenvalue weighted by Crippen LogP contribution is 2.20. The molecule has 5 heteroatoms. The standard InChI is InChI=1S/C22H26N2O3/c1-16-14-24(15-17(2)27-16)13-12-21(25)23-20-11-7-6-10-19(20)22(26)18-8-4-3-5-9-18/h3-11,16-17H,12-15H2,1-2H3,(H,23,25)/t16-,17+. The number of ketones is 1. The average molecular weight is 366 g/mol. The minimum atomic E-state index is -0.0951. The van der Waals surface area contributed by atoms with Crippen molar-refractivity contribution in [1.29, 1.82) is 0 Å². The van der Waals surface area contributed by atoms with E-state index < -0.39 is 0 Å². The largest absolute Gasteiger partial charge is 0.373 e. The number of hydrogen-bond acceptors (Lipinski definition) is 4. The molecule has 0 aromatic heterocycles. The minimum absolute atomic E-state index is 0.0879. The number of nitrogens with zero attached hydrogens (tertiary/aromatic N) is 1. The van der Waals surface area contributed by atoms with Crippen LogP contribution in [0.5, 0.6) is 0 Å². The summed E-state index contributed by atoms with van der Waals surface area (Å²) in [6.45, 7) is 6.45. The van der Waals surface area contributed by atoms with Crippen molar-refractivity contribution in [1.82, 2.24) is 4.90 Å². The van der Waals surface area contributed by atoms with Crippen molar-refractivity contribution in [3.63, 3.8) is 0 Å². The summed E-state index contributed by atoms with van der Waals surface area (Å²) in [5, 5.41) is 2.91. The van der Waals surface area contributed by atoms with Gasteiger partial charge in [0, 0.05) is 37.2 Å². The lowest BCUT2D eigenvalue weighted by Gasteiger charge is -2.35. The van der Waals surface area contributed by atoms with Gasteiger partial charge < -0.3 is 10.1 Å². The highest BCUT2D eigenvalue weighted by molar-refractivity contribution is 6.13. The molecule has 0 radical (unpaired) electrons. The van der Waals surface area contributed by atoms with Crippen molar-refractivity contribution in [3.8, 4) is 0 Å². The lowest BCUT2D eigenvalue weighted by Crippen LogP contribution is -2.46. The number of nitrogens with one attached hydrogen (secondary N) is 1. The maximum atomic E-state index is 12.8. The second-order valence-electron chi connectivity index (χ2n) is 7.06. The van der Waals surface area contributed by atoms with Crippen LogP contribution in [0.15, 0.2) is 54.6 Å². The first-order chi connectivity index (χ1) is 13.0. The van der Waals surface area contributed by atoms with Crippen LogP contribution in [-0.4, -0.2) is 48.4 Å². The van der Waals surface area contributed by atoms with Gasteiger partial charge >= 0.3 is 0 Å². The van der Waals surface area contributed by atoms with Crippen LogP contribution >= 0.6 is 0 Å². The zero-order valence-corrected chi connectivity index (χ0v) is 15.9. The van der Waals surface area contributed by atoms with E-state index in [4.69, 9.17) is 4.74 Å². The average Bonchev–Trinajstić information content (AvgIpc) is 2.66. The van der Waals surface area contributed by atoms with E-state index in [9.17, 15) is 9.59 Å². The van der Waals surface area contributed by atoms with Gasteiger partial charge in [-0.1, -0.05) is 42.5 Å². The van der Waals surface area contributed by atoms with Gasteiger partial charge in [-0.25, -0.2) is 0 Å². The molecule has 1 N–H and O–H groups in total. The van der Waals surface area contributed by atoms with Gasteiger partial charge in [-0.15, -0.1) is 0 Å².